The van der Waals surface area contributed by atoms with Crippen molar-refractivity contribution in [1.82, 2.24) is 19.5 Å². The minimum Gasteiger partial charge on any atom is -0.330 e. The Morgan fingerprint density at radius 1 is 1.11 bits per heavy atom. The average Bonchev–Trinajstić information content (AvgIpc) is 3.26. The van der Waals surface area contributed by atoms with Gasteiger partial charge in [0.2, 0.25) is 10.0 Å². The first-order valence-corrected chi connectivity index (χ1v) is 14.0. The van der Waals surface area contributed by atoms with Crippen molar-refractivity contribution in [2.24, 2.45) is 0 Å². The molecule has 0 radical (unpaired) electrons. The van der Waals surface area contributed by atoms with Gasteiger partial charge in [0.1, 0.15) is 0 Å². The van der Waals surface area contributed by atoms with Crippen LogP contribution in [0.25, 0.3) is 16.9 Å². The normalized spacial score (nSPS) is 16.3. The highest BCUT2D eigenvalue weighted by Gasteiger charge is 2.32. The number of hydrogen-bond donors (Lipinski definition) is 1. The number of likely N-dealkylation sites (tertiary alicyclic amines) is 1. The van der Waals surface area contributed by atoms with Crippen molar-refractivity contribution in [2.45, 2.75) is 32.2 Å². The SMILES string of the molecule is Cc1cn2nc([C@@H]3CCCCN3C(=O)c3cc(Cl)ccc3NS(C)(=O)=O)cc2nc1-c1ccccc1. The highest BCUT2D eigenvalue weighted by atomic mass is 35.5. The number of amides is 1. The number of carbonyl (C=O) groups excluding carboxylic acids is 1. The topological polar surface area (TPSA) is 96.7 Å². The van der Waals surface area contributed by atoms with Crippen molar-refractivity contribution in [3.8, 4) is 11.3 Å². The lowest BCUT2D eigenvalue weighted by molar-refractivity contribution is 0.0607. The first-order chi connectivity index (χ1) is 17.2. The number of halogens is 1. The van der Waals surface area contributed by atoms with Crippen LogP contribution < -0.4 is 4.72 Å². The molecule has 2 aromatic carbocycles. The zero-order chi connectivity index (χ0) is 25.4. The smallest absolute Gasteiger partial charge is 0.256 e. The molecule has 0 unspecified atom stereocenters. The molecule has 1 saturated heterocycles. The maximum Gasteiger partial charge on any atom is 0.256 e. The molecule has 1 fully saturated rings. The number of benzene rings is 2. The Hall–Kier alpha value is -3.43. The first kappa shape index (κ1) is 24.3. The molecular formula is C26H26ClN5O3S. The second kappa shape index (κ2) is 9.55. The number of anilines is 1. The monoisotopic (exact) mass is 523 g/mol. The second-order valence-corrected chi connectivity index (χ2v) is 11.3. The number of nitrogens with one attached hydrogen (secondary N) is 1. The molecule has 0 saturated carbocycles. The summed E-state index contributed by atoms with van der Waals surface area (Å²) in [4.78, 5) is 20.3. The van der Waals surface area contributed by atoms with E-state index in [2.05, 4.69) is 4.72 Å². The molecule has 1 amide bonds. The second-order valence-electron chi connectivity index (χ2n) is 9.08. The summed E-state index contributed by atoms with van der Waals surface area (Å²) in [5.41, 5.74) is 4.79. The molecule has 186 valence electrons. The molecule has 1 N–H and O–H groups in total. The van der Waals surface area contributed by atoms with E-state index in [1.165, 1.54) is 12.1 Å². The summed E-state index contributed by atoms with van der Waals surface area (Å²) in [7, 11) is -3.58. The van der Waals surface area contributed by atoms with E-state index in [9.17, 15) is 13.2 Å². The first-order valence-electron chi connectivity index (χ1n) is 11.7. The Bertz CT molecular complexity index is 1550. The number of aryl methyl sites for hydroxylation is 1. The Morgan fingerprint density at radius 2 is 1.89 bits per heavy atom. The third-order valence-corrected chi connectivity index (χ3v) is 7.14. The lowest BCUT2D eigenvalue weighted by atomic mass is 9.98. The van der Waals surface area contributed by atoms with E-state index in [1.807, 2.05) is 49.5 Å². The van der Waals surface area contributed by atoms with Gasteiger partial charge in [-0.3, -0.25) is 9.52 Å². The number of nitrogens with zero attached hydrogens (tertiary/aromatic N) is 4. The molecular weight excluding hydrogens is 498 g/mol. The maximum absolute atomic E-state index is 13.7. The van der Waals surface area contributed by atoms with Gasteiger partial charge in [-0.2, -0.15) is 5.10 Å². The summed E-state index contributed by atoms with van der Waals surface area (Å²) in [5.74, 6) is -0.292. The molecule has 0 aliphatic carbocycles. The van der Waals surface area contributed by atoms with Gasteiger partial charge in [0.05, 0.1) is 34.9 Å². The fraction of sp³-hybridized carbons (Fsp3) is 0.269. The number of fused-ring (bicyclic) bond motifs is 1. The number of aromatic nitrogens is 3. The molecule has 4 aromatic rings. The molecule has 8 nitrogen and oxygen atoms in total. The summed E-state index contributed by atoms with van der Waals surface area (Å²) >= 11 is 6.19. The van der Waals surface area contributed by atoms with E-state index in [4.69, 9.17) is 21.7 Å². The largest absolute Gasteiger partial charge is 0.330 e. The van der Waals surface area contributed by atoms with E-state index >= 15 is 0 Å². The Balaban J connectivity index is 1.52. The predicted molar refractivity (Wildman–Crippen MR) is 141 cm³/mol. The molecule has 5 rings (SSSR count). The highest BCUT2D eigenvalue weighted by Crippen LogP contribution is 2.34. The molecule has 2 aromatic heterocycles. The fourth-order valence-corrected chi connectivity index (χ4v) is 5.45. The zero-order valence-corrected chi connectivity index (χ0v) is 21.6. The number of piperidine rings is 1. The molecule has 0 spiro atoms. The van der Waals surface area contributed by atoms with Gasteiger partial charge in [0.25, 0.3) is 5.91 Å². The lowest BCUT2D eigenvalue weighted by Gasteiger charge is -2.35. The summed E-state index contributed by atoms with van der Waals surface area (Å²) < 4.78 is 28.0. The number of carbonyl (C=O) groups is 1. The van der Waals surface area contributed by atoms with Crippen LogP contribution >= 0.6 is 11.6 Å². The van der Waals surface area contributed by atoms with Crippen molar-refractivity contribution in [1.29, 1.82) is 0 Å². The Kier molecular flexibility index (Phi) is 6.44. The van der Waals surface area contributed by atoms with Crippen LogP contribution in [0.15, 0.2) is 60.8 Å². The van der Waals surface area contributed by atoms with Crippen molar-refractivity contribution >= 4 is 38.9 Å². The Morgan fingerprint density at radius 3 is 2.64 bits per heavy atom. The van der Waals surface area contributed by atoms with Crippen molar-refractivity contribution < 1.29 is 13.2 Å². The third kappa shape index (κ3) is 4.94. The lowest BCUT2D eigenvalue weighted by Crippen LogP contribution is -2.39. The van der Waals surface area contributed by atoms with Crippen LogP contribution in [0.5, 0.6) is 0 Å². The van der Waals surface area contributed by atoms with Crippen molar-refractivity contribution in [3.05, 3.63) is 82.6 Å². The van der Waals surface area contributed by atoms with Gasteiger partial charge in [-0.1, -0.05) is 41.9 Å². The predicted octanol–water partition coefficient (Wildman–Crippen LogP) is 5.10. The van der Waals surface area contributed by atoms with Gasteiger partial charge in [0.15, 0.2) is 5.65 Å². The minimum atomic E-state index is -3.58. The van der Waals surface area contributed by atoms with Crippen LogP contribution in [0.1, 0.15) is 46.9 Å². The molecule has 1 aliphatic rings. The molecule has 0 bridgehead atoms. The summed E-state index contributed by atoms with van der Waals surface area (Å²) in [6.07, 6.45) is 5.55. The van der Waals surface area contributed by atoms with Gasteiger partial charge >= 0.3 is 0 Å². The van der Waals surface area contributed by atoms with Gasteiger partial charge in [0, 0.05) is 29.4 Å². The molecule has 3 heterocycles. The van der Waals surface area contributed by atoms with Crippen LogP contribution in [0.2, 0.25) is 5.02 Å². The maximum atomic E-state index is 13.7. The molecule has 36 heavy (non-hydrogen) atoms. The highest BCUT2D eigenvalue weighted by molar-refractivity contribution is 7.92. The number of rotatable bonds is 5. The van der Waals surface area contributed by atoms with E-state index < -0.39 is 10.0 Å². The van der Waals surface area contributed by atoms with Crippen LogP contribution in [-0.2, 0) is 10.0 Å². The van der Waals surface area contributed by atoms with E-state index in [-0.39, 0.29) is 23.2 Å². The average molecular weight is 524 g/mol. The van der Waals surface area contributed by atoms with E-state index in [1.54, 1.807) is 15.5 Å². The third-order valence-electron chi connectivity index (χ3n) is 6.31. The number of hydrogen-bond acceptors (Lipinski definition) is 5. The van der Waals surface area contributed by atoms with Gasteiger partial charge in [-0.15, -0.1) is 0 Å². The van der Waals surface area contributed by atoms with Crippen molar-refractivity contribution in [2.75, 3.05) is 17.5 Å². The van der Waals surface area contributed by atoms with Gasteiger partial charge in [-0.25, -0.2) is 17.9 Å². The summed E-state index contributed by atoms with van der Waals surface area (Å²) in [6.45, 7) is 2.53. The van der Waals surface area contributed by atoms with E-state index in [0.29, 0.717) is 17.2 Å². The fourth-order valence-electron chi connectivity index (χ4n) is 4.70. The van der Waals surface area contributed by atoms with E-state index in [0.717, 1.165) is 48.0 Å². The van der Waals surface area contributed by atoms with Gasteiger partial charge < -0.3 is 4.90 Å². The molecule has 10 heteroatoms. The van der Waals surface area contributed by atoms with Crippen LogP contribution in [0.4, 0.5) is 5.69 Å². The van der Waals surface area contributed by atoms with Crippen LogP contribution in [0.3, 0.4) is 0 Å². The zero-order valence-electron chi connectivity index (χ0n) is 20.0. The Labute approximate surface area is 215 Å². The van der Waals surface area contributed by atoms with Gasteiger partial charge in [-0.05, 0) is 49.9 Å². The standard InChI is InChI=1S/C26H26ClN5O3S/c1-17-16-32-24(28-25(17)18-8-4-3-5-9-18)15-22(29-32)23-10-6-7-13-31(23)26(33)20-14-19(27)11-12-21(20)30-36(2,34)35/h3-5,8-9,11-12,14-16,23,30H,6-7,10,13H2,1-2H3/t23-/m0/s1. The molecule has 1 atom stereocenters. The quantitative estimate of drug-likeness (QED) is 0.392. The molecule has 1 aliphatic heterocycles. The number of sulfonamides is 1. The van der Waals surface area contributed by atoms with Crippen LogP contribution in [-0.4, -0.2) is 46.6 Å². The minimum absolute atomic E-state index is 0.205. The summed E-state index contributed by atoms with van der Waals surface area (Å²) in [6, 6.07) is 16.2. The summed E-state index contributed by atoms with van der Waals surface area (Å²) in [5, 5.41) is 5.13. The van der Waals surface area contributed by atoms with Crippen molar-refractivity contribution in [3.63, 3.8) is 0 Å². The van der Waals surface area contributed by atoms with Crippen LogP contribution in [0, 0.1) is 6.92 Å².